The normalized spacial score (nSPS) is 33.5. The molecule has 1 heterocycles. The predicted octanol–water partition coefficient (Wildman–Crippen LogP) is 2.68. The van der Waals surface area contributed by atoms with E-state index >= 15 is 0 Å². The summed E-state index contributed by atoms with van der Waals surface area (Å²) in [7, 11) is 0. The van der Waals surface area contributed by atoms with Gasteiger partial charge >= 0.3 is 0 Å². The van der Waals surface area contributed by atoms with Gasteiger partial charge in [-0.15, -0.1) is 0 Å². The zero-order chi connectivity index (χ0) is 8.23. The highest BCUT2D eigenvalue weighted by atomic mass is 17.2. The number of rotatable bonds is 1. The highest BCUT2D eigenvalue weighted by Crippen LogP contribution is 2.29. The average Bonchev–Trinajstić information content (AvgIpc) is 1.90. The Morgan fingerprint density at radius 2 is 1.42 bits per heavy atom. The highest BCUT2D eigenvalue weighted by Gasteiger charge is 2.30. The van der Waals surface area contributed by atoms with E-state index in [0.717, 1.165) is 12.5 Å². The lowest BCUT2D eigenvalue weighted by Crippen LogP contribution is -2.38. The molecule has 1 saturated carbocycles. The molecule has 2 rings (SSSR count). The predicted molar refractivity (Wildman–Crippen MR) is 46.6 cm³/mol. The van der Waals surface area contributed by atoms with Crippen molar-refractivity contribution in [3.8, 4) is 0 Å². The molecule has 70 valence electrons. The van der Waals surface area contributed by atoms with Crippen LogP contribution in [0.25, 0.3) is 0 Å². The van der Waals surface area contributed by atoms with Crippen LogP contribution in [-0.2, 0) is 9.78 Å². The van der Waals surface area contributed by atoms with Crippen molar-refractivity contribution in [2.24, 2.45) is 5.92 Å². The summed E-state index contributed by atoms with van der Waals surface area (Å²) < 4.78 is 0. The van der Waals surface area contributed by atoms with E-state index in [1.165, 1.54) is 44.9 Å². The minimum absolute atomic E-state index is 0.433. The van der Waals surface area contributed by atoms with E-state index in [1.807, 2.05) is 0 Å². The van der Waals surface area contributed by atoms with Crippen molar-refractivity contribution in [3.05, 3.63) is 0 Å². The summed E-state index contributed by atoms with van der Waals surface area (Å²) in [5.41, 5.74) is 0. The van der Waals surface area contributed by atoms with Crippen LogP contribution in [0.5, 0.6) is 0 Å². The lowest BCUT2D eigenvalue weighted by Gasteiger charge is -2.33. The Labute approximate surface area is 74.2 Å². The van der Waals surface area contributed by atoms with Crippen LogP contribution in [0.15, 0.2) is 0 Å². The van der Waals surface area contributed by atoms with Gasteiger partial charge < -0.3 is 0 Å². The third-order valence-corrected chi connectivity index (χ3v) is 3.10. The summed E-state index contributed by atoms with van der Waals surface area (Å²) in [5.74, 6) is 0.791. The summed E-state index contributed by atoms with van der Waals surface area (Å²) >= 11 is 0. The third kappa shape index (κ3) is 1.99. The molecule has 1 aliphatic carbocycles. The topological polar surface area (TPSA) is 18.5 Å². The van der Waals surface area contributed by atoms with Gasteiger partial charge in [-0.2, -0.15) is 0 Å². The minimum atomic E-state index is 0.433. The molecule has 1 unspecified atom stereocenters. The highest BCUT2D eigenvalue weighted by molar-refractivity contribution is 4.73. The molecule has 0 N–H and O–H groups in total. The van der Waals surface area contributed by atoms with Crippen molar-refractivity contribution in [3.63, 3.8) is 0 Å². The first kappa shape index (κ1) is 8.52. The minimum Gasteiger partial charge on any atom is -0.233 e. The van der Waals surface area contributed by atoms with Crippen molar-refractivity contribution >= 4 is 0 Å². The molecular weight excluding hydrogens is 152 g/mol. The second kappa shape index (κ2) is 4.24. The maximum Gasteiger partial charge on any atom is 0.122 e. The maximum atomic E-state index is 5.07. The summed E-state index contributed by atoms with van der Waals surface area (Å²) in [5, 5.41) is 0. The Morgan fingerprint density at radius 3 is 1.92 bits per heavy atom. The van der Waals surface area contributed by atoms with E-state index in [0.29, 0.717) is 6.10 Å². The second-order valence-corrected chi connectivity index (χ2v) is 4.02. The maximum absolute atomic E-state index is 5.07. The lowest BCUT2D eigenvalue weighted by atomic mass is 9.87. The molecule has 2 heteroatoms. The first-order valence-electron chi connectivity index (χ1n) is 5.25. The van der Waals surface area contributed by atoms with Crippen LogP contribution in [0.2, 0.25) is 0 Å². The van der Waals surface area contributed by atoms with Crippen molar-refractivity contribution in [2.75, 3.05) is 6.61 Å². The zero-order valence-electron chi connectivity index (χ0n) is 7.63. The molecular formula is C10H18O2. The molecule has 2 fully saturated rings. The molecule has 0 aromatic heterocycles. The van der Waals surface area contributed by atoms with Crippen molar-refractivity contribution < 1.29 is 9.78 Å². The average molecular weight is 170 g/mol. The van der Waals surface area contributed by atoms with E-state index in [4.69, 9.17) is 9.78 Å². The smallest absolute Gasteiger partial charge is 0.122 e. The second-order valence-electron chi connectivity index (χ2n) is 4.02. The SMILES string of the molecule is C1CCCC(C2COO2)CCC1. The van der Waals surface area contributed by atoms with Crippen LogP contribution in [0.3, 0.4) is 0 Å². The van der Waals surface area contributed by atoms with E-state index < -0.39 is 0 Å². The van der Waals surface area contributed by atoms with Gasteiger partial charge in [-0.1, -0.05) is 32.1 Å². The van der Waals surface area contributed by atoms with Gasteiger partial charge in [0.2, 0.25) is 0 Å². The van der Waals surface area contributed by atoms with Gasteiger partial charge in [0.1, 0.15) is 12.7 Å². The standard InChI is InChI=1S/C10H18O2/c1-2-4-6-9(7-5-3-1)10-8-11-12-10/h9-10H,1-8H2. The van der Waals surface area contributed by atoms with Crippen LogP contribution in [-0.4, -0.2) is 12.7 Å². The number of hydrogen-bond donors (Lipinski definition) is 0. The van der Waals surface area contributed by atoms with Crippen molar-refractivity contribution in [1.29, 1.82) is 0 Å². The Kier molecular flexibility index (Phi) is 3.01. The fourth-order valence-electron chi connectivity index (χ4n) is 2.22. The molecule has 0 amide bonds. The Morgan fingerprint density at radius 1 is 0.833 bits per heavy atom. The van der Waals surface area contributed by atoms with E-state index in [2.05, 4.69) is 0 Å². The quantitative estimate of drug-likeness (QED) is 0.563. The molecule has 1 aliphatic heterocycles. The van der Waals surface area contributed by atoms with Gasteiger partial charge in [0.05, 0.1) is 0 Å². The van der Waals surface area contributed by atoms with Crippen LogP contribution in [0.1, 0.15) is 44.9 Å². The molecule has 0 spiro atoms. The van der Waals surface area contributed by atoms with Gasteiger partial charge in [0, 0.05) is 0 Å². The van der Waals surface area contributed by atoms with Gasteiger partial charge in [-0.3, -0.25) is 0 Å². The van der Waals surface area contributed by atoms with Crippen molar-refractivity contribution in [1.82, 2.24) is 0 Å². The molecule has 2 aliphatic rings. The Balaban J connectivity index is 1.77. The molecule has 2 nitrogen and oxygen atoms in total. The van der Waals surface area contributed by atoms with Gasteiger partial charge in [-0.25, -0.2) is 9.78 Å². The molecule has 0 aromatic carbocycles. The molecule has 0 bridgehead atoms. The van der Waals surface area contributed by atoms with Crippen LogP contribution in [0, 0.1) is 5.92 Å². The third-order valence-electron chi connectivity index (χ3n) is 3.10. The van der Waals surface area contributed by atoms with Crippen LogP contribution >= 0.6 is 0 Å². The molecule has 0 radical (unpaired) electrons. The van der Waals surface area contributed by atoms with Crippen LogP contribution in [0.4, 0.5) is 0 Å². The molecule has 1 saturated heterocycles. The van der Waals surface area contributed by atoms with Gasteiger partial charge in [-0.05, 0) is 18.8 Å². The largest absolute Gasteiger partial charge is 0.233 e. The summed E-state index contributed by atoms with van der Waals surface area (Å²) in [6.07, 6.45) is 10.2. The van der Waals surface area contributed by atoms with Crippen LogP contribution < -0.4 is 0 Å². The first-order chi connectivity index (χ1) is 5.97. The van der Waals surface area contributed by atoms with Gasteiger partial charge in [0.15, 0.2) is 0 Å². The van der Waals surface area contributed by atoms with E-state index in [-0.39, 0.29) is 0 Å². The summed E-state index contributed by atoms with van der Waals surface area (Å²) in [6, 6.07) is 0. The van der Waals surface area contributed by atoms with E-state index in [9.17, 15) is 0 Å². The summed E-state index contributed by atoms with van der Waals surface area (Å²) in [4.78, 5) is 9.83. The lowest BCUT2D eigenvalue weighted by molar-refractivity contribution is -0.435. The Hall–Kier alpha value is -0.0800. The van der Waals surface area contributed by atoms with Gasteiger partial charge in [0.25, 0.3) is 0 Å². The fraction of sp³-hybridized carbons (Fsp3) is 1.00. The molecule has 12 heavy (non-hydrogen) atoms. The number of hydrogen-bond acceptors (Lipinski definition) is 2. The van der Waals surface area contributed by atoms with E-state index in [1.54, 1.807) is 0 Å². The molecule has 0 aromatic rings. The monoisotopic (exact) mass is 170 g/mol. The Bertz CT molecular complexity index is 124. The molecule has 1 atom stereocenters. The van der Waals surface area contributed by atoms with Crippen molar-refractivity contribution in [2.45, 2.75) is 51.0 Å². The zero-order valence-corrected chi connectivity index (χ0v) is 7.63. The summed E-state index contributed by atoms with van der Waals surface area (Å²) in [6.45, 7) is 0.838. The first-order valence-corrected chi connectivity index (χ1v) is 5.25. The fourth-order valence-corrected chi connectivity index (χ4v) is 2.22.